The smallest absolute Gasteiger partial charge is 0.254 e. The summed E-state index contributed by atoms with van der Waals surface area (Å²) >= 11 is 0. The summed E-state index contributed by atoms with van der Waals surface area (Å²) in [6.07, 6.45) is 3.92. The lowest BCUT2D eigenvalue weighted by molar-refractivity contribution is 0.0737. The van der Waals surface area contributed by atoms with Crippen molar-refractivity contribution in [2.45, 2.75) is 18.9 Å². The van der Waals surface area contributed by atoms with Gasteiger partial charge in [-0.25, -0.2) is 0 Å². The van der Waals surface area contributed by atoms with E-state index >= 15 is 0 Å². The van der Waals surface area contributed by atoms with Crippen molar-refractivity contribution in [3.05, 3.63) is 30.0 Å². The van der Waals surface area contributed by atoms with Gasteiger partial charge in [-0.1, -0.05) is 0 Å². The number of aromatic nitrogens is 2. The van der Waals surface area contributed by atoms with Gasteiger partial charge in [0.15, 0.2) is 0 Å². The van der Waals surface area contributed by atoms with Crippen LogP contribution in [0.1, 0.15) is 23.2 Å². The number of carbonyl (C=O) groups excluding carboxylic acids is 1. The minimum absolute atomic E-state index is 0.126. The zero-order valence-electron chi connectivity index (χ0n) is 11.0. The zero-order chi connectivity index (χ0) is 13.2. The molecule has 1 aliphatic rings. The summed E-state index contributed by atoms with van der Waals surface area (Å²) in [7, 11) is 1.93. The Morgan fingerprint density at radius 3 is 3.32 bits per heavy atom. The highest BCUT2D eigenvalue weighted by Crippen LogP contribution is 2.21. The highest BCUT2D eigenvalue weighted by molar-refractivity contribution is 5.98. The van der Waals surface area contributed by atoms with Crippen LogP contribution in [0.2, 0.25) is 0 Å². The molecule has 1 saturated heterocycles. The predicted molar refractivity (Wildman–Crippen MR) is 74.1 cm³/mol. The van der Waals surface area contributed by atoms with Crippen molar-refractivity contribution in [1.82, 2.24) is 20.4 Å². The number of likely N-dealkylation sites (tertiary alicyclic amines) is 1. The second kappa shape index (κ2) is 5.01. The van der Waals surface area contributed by atoms with Crippen LogP contribution in [0.3, 0.4) is 0 Å². The number of rotatable bonds is 3. The molecule has 0 bridgehead atoms. The first-order valence-corrected chi connectivity index (χ1v) is 6.68. The molecular formula is C14H18N4O. The summed E-state index contributed by atoms with van der Waals surface area (Å²) in [4.78, 5) is 14.5. The molecule has 5 nitrogen and oxygen atoms in total. The molecule has 0 aliphatic carbocycles. The minimum Gasteiger partial charge on any atom is -0.334 e. The molecule has 2 heterocycles. The molecule has 0 unspecified atom stereocenters. The van der Waals surface area contributed by atoms with E-state index in [2.05, 4.69) is 15.5 Å². The third-order valence-corrected chi connectivity index (χ3v) is 3.76. The van der Waals surface area contributed by atoms with Gasteiger partial charge in [-0.15, -0.1) is 0 Å². The number of likely N-dealkylation sites (N-methyl/N-ethyl adjacent to an activating group) is 1. The fraction of sp³-hybridized carbons (Fsp3) is 0.429. The molecule has 0 spiro atoms. The number of nitrogens with zero attached hydrogens (tertiary/aromatic N) is 2. The number of nitrogens with one attached hydrogen (secondary N) is 2. The monoisotopic (exact) mass is 258 g/mol. The molecule has 0 saturated carbocycles. The van der Waals surface area contributed by atoms with Gasteiger partial charge < -0.3 is 10.2 Å². The highest BCUT2D eigenvalue weighted by atomic mass is 16.2. The van der Waals surface area contributed by atoms with Crippen LogP contribution in [0.15, 0.2) is 24.4 Å². The Morgan fingerprint density at radius 2 is 2.47 bits per heavy atom. The topological polar surface area (TPSA) is 61.0 Å². The van der Waals surface area contributed by atoms with Crippen molar-refractivity contribution in [3.8, 4) is 0 Å². The normalized spacial score (nSPS) is 19.2. The van der Waals surface area contributed by atoms with Crippen molar-refractivity contribution in [2.24, 2.45) is 0 Å². The molecule has 1 aromatic heterocycles. The van der Waals surface area contributed by atoms with E-state index in [1.807, 2.05) is 30.1 Å². The number of carbonyl (C=O) groups is 1. The molecule has 2 aromatic rings. The molecule has 1 aromatic carbocycles. The van der Waals surface area contributed by atoms with E-state index in [4.69, 9.17) is 0 Å². The van der Waals surface area contributed by atoms with Gasteiger partial charge in [0.2, 0.25) is 0 Å². The van der Waals surface area contributed by atoms with Crippen LogP contribution in [0.25, 0.3) is 10.9 Å². The molecular weight excluding hydrogens is 240 g/mol. The molecule has 1 amide bonds. The molecule has 19 heavy (non-hydrogen) atoms. The molecule has 5 heteroatoms. The fourth-order valence-corrected chi connectivity index (χ4v) is 2.79. The summed E-state index contributed by atoms with van der Waals surface area (Å²) in [5.41, 5.74) is 1.71. The van der Waals surface area contributed by atoms with Crippen molar-refractivity contribution in [3.63, 3.8) is 0 Å². The molecule has 0 radical (unpaired) electrons. The van der Waals surface area contributed by atoms with E-state index < -0.39 is 0 Å². The summed E-state index contributed by atoms with van der Waals surface area (Å²) < 4.78 is 0. The second-order valence-corrected chi connectivity index (χ2v) is 5.02. The maximum atomic E-state index is 12.6. The van der Waals surface area contributed by atoms with E-state index in [9.17, 15) is 4.79 Å². The van der Waals surface area contributed by atoms with Gasteiger partial charge in [0.1, 0.15) is 0 Å². The maximum absolute atomic E-state index is 12.6. The van der Waals surface area contributed by atoms with Crippen LogP contribution in [0.4, 0.5) is 0 Å². The Hall–Kier alpha value is -1.88. The van der Waals surface area contributed by atoms with Crippen molar-refractivity contribution in [2.75, 3.05) is 20.1 Å². The summed E-state index contributed by atoms with van der Waals surface area (Å²) in [5.74, 6) is 0.126. The molecule has 3 rings (SSSR count). The largest absolute Gasteiger partial charge is 0.334 e. The Morgan fingerprint density at radius 1 is 1.58 bits per heavy atom. The van der Waals surface area contributed by atoms with Crippen LogP contribution in [0, 0.1) is 0 Å². The summed E-state index contributed by atoms with van der Waals surface area (Å²) in [6, 6.07) is 6.02. The molecule has 1 fully saturated rings. The van der Waals surface area contributed by atoms with Gasteiger partial charge in [-0.05, 0) is 38.1 Å². The SMILES string of the molecule is CNC[C@@H]1CCCN1C(=O)c1ccc2[nH]ncc2c1. The van der Waals surface area contributed by atoms with E-state index in [-0.39, 0.29) is 5.91 Å². The maximum Gasteiger partial charge on any atom is 0.254 e. The lowest BCUT2D eigenvalue weighted by Gasteiger charge is -2.24. The zero-order valence-corrected chi connectivity index (χ0v) is 11.0. The van der Waals surface area contributed by atoms with Gasteiger partial charge in [0.05, 0.1) is 11.7 Å². The van der Waals surface area contributed by atoms with Gasteiger partial charge >= 0.3 is 0 Å². The first kappa shape index (κ1) is 12.2. The number of aromatic amines is 1. The van der Waals surface area contributed by atoms with Crippen molar-refractivity contribution in [1.29, 1.82) is 0 Å². The first-order valence-electron chi connectivity index (χ1n) is 6.68. The number of amides is 1. The van der Waals surface area contributed by atoms with Gasteiger partial charge in [0, 0.05) is 30.1 Å². The average Bonchev–Trinajstić information content (AvgIpc) is 3.05. The lowest BCUT2D eigenvalue weighted by atomic mass is 10.1. The summed E-state index contributed by atoms with van der Waals surface area (Å²) in [6.45, 7) is 1.72. The highest BCUT2D eigenvalue weighted by Gasteiger charge is 2.28. The van der Waals surface area contributed by atoms with Crippen LogP contribution in [-0.2, 0) is 0 Å². The molecule has 1 atom stereocenters. The minimum atomic E-state index is 0.126. The predicted octanol–water partition coefficient (Wildman–Crippen LogP) is 1.39. The number of hydrogen-bond acceptors (Lipinski definition) is 3. The third kappa shape index (κ3) is 2.21. The Balaban J connectivity index is 1.86. The number of benzene rings is 1. The van der Waals surface area contributed by atoms with Gasteiger partial charge in [0.25, 0.3) is 5.91 Å². The van der Waals surface area contributed by atoms with E-state index in [0.717, 1.165) is 42.4 Å². The third-order valence-electron chi connectivity index (χ3n) is 3.76. The van der Waals surface area contributed by atoms with Crippen molar-refractivity contribution < 1.29 is 4.79 Å². The Kier molecular flexibility index (Phi) is 3.21. The molecule has 2 N–H and O–H groups in total. The number of H-pyrrole nitrogens is 1. The van der Waals surface area contributed by atoms with E-state index in [0.29, 0.717) is 6.04 Å². The molecule has 1 aliphatic heterocycles. The summed E-state index contributed by atoms with van der Waals surface area (Å²) in [5, 5.41) is 11.0. The van der Waals surface area contributed by atoms with Crippen LogP contribution < -0.4 is 5.32 Å². The van der Waals surface area contributed by atoms with E-state index in [1.54, 1.807) is 6.20 Å². The van der Waals surface area contributed by atoms with Crippen LogP contribution in [-0.4, -0.2) is 47.2 Å². The lowest BCUT2D eigenvalue weighted by Crippen LogP contribution is -2.40. The van der Waals surface area contributed by atoms with Crippen LogP contribution >= 0.6 is 0 Å². The van der Waals surface area contributed by atoms with Gasteiger partial charge in [-0.3, -0.25) is 9.89 Å². The average molecular weight is 258 g/mol. The first-order chi connectivity index (χ1) is 9.29. The molecule has 100 valence electrons. The number of hydrogen-bond donors (Lipinski definition) is 2. The fourth-order valence-electron chi connectivity index (χ4n) is 2.79. The second-order valence-electron chi connectivity index (χ2n) is 5.02. The van der Waals surface area contributed by atoms with Crippen LogP contribution in [0.5, 0.6) is 0 Å². The standard InChI is InChI=1S/C14H18N4O/c1-15-9-12-3-2-6-18(12)14(19)10-4-5-13-11(7-10)8-16-17-13/h4-5,7-8,12,15H,2-3,6,9H2,1H3,(H,16,17)/t12-/m0/s1. The van der Waals surface area contributed by atoms with Gasteiger partial charge in [-0.2, -0.15) is 5.10 Å². The number of fused-ring (bicyclic) bond motifs is 1. The van der Waals surface area contributed by atoms with E-state index in [1.165, 1.54) is 0 Å². The quantitative estimate of drug-likeness (QED) is 0.874. The van der Waals surface area contributed by atoms with Crippen molar-refractivity contribution >= 4 is 16.8 Å². The Bertz CT molecular complexity index is 592. The Labute approximate surface area is 112 Å².